The molecule has 0 saturated carbocycles. The normalized spacial score (nSPS) is 23.1. The van der Waals surface area contributed by atoms with Crippen molar-refractivity contribution in [2.24, 2.45) is 5.92 Å². The van der Waals surface area contributed by atoms with Gasteiger partial charge in [-0.2, -0.15) is 0 Å². The third kappa shape index (κ3) is 2.88. The molecule has 2 nitrogen and oxygen atoms in total. The topological polar surface area (TPSA) is 21.3 Å². The van der Waals surface area contributed by atoms with Crippen LogP contribution >= 0.6 is 0 Å². The van der Waals surface area contributed by atoms with Crippen LogP contribution in [0.5, 0.6) is 0 Å². The van der Waals surface area contributed by atoms with Gasteiger partial charge in [-0.1, -0.05) is 38.1 Å². The highest BCUT2D eigenvalue weighted by Gasteiger charge is 2.31. The minimum Gasteiger partial charge on any atom is -0.376 e. The second kappa shape index (κ2) is 5.65. The quantitative estimate of drug-likeness (QED) is 0.844. The zero-order valence-corrected chi connectivity index (χ0v) is 11.1. The molecular formula is C15H23NO. The number of benzene rings is 1. The summed E-state index contributed by atoms with van der Waals surface area (Å²) in [5, 5.41) is 3.38. The van der Waals surface area contributed by atoms with Crippen LogP contribution in [0.1, 0.15) is 37.4 Å². The Morgan fingerprint density at radius 2 is 2.12 bits per heavy atom. The first-order valence-electron chi connectivity index (χ1n) is 6.59. The lowest BCUT2D eigenvalue weighted by Gasteiger charge is -2.21. The Kier molecular flexibility index (Phi) is 4.19. The molecule has 2 rings (SSSR count). The van der Waals surface area contributed by atoms with Crippen LogP contribution in [0.2, 0.25) is 0 Å². The van der Waals surface area contributed by atoms with Crippen molar-refractivity contribution in [2.45, 2.75) is 38.8 Å². The molecule has 0 spiro atoms. The summed E-state index contributed by atoms with van der Waals surface area (Å²) in [5.41, 5.74) is 2.84. The third-order valence-corrected chi connectivity index (χ3v) is 3.52. The van der Waals surface area contributed by atoms with Crippen molar-refractivity contribution in [3.63, 3.8) is 0 Å². The number of rotatable bonds is 5. The summed E-state index contributed by atoms with van der Waals surface area (Å²) in [7, 11) is 2.02. The molecule has 94 valence electrons. The van der Waals surface area contributed by atoms with E-state index in [1.807, 2.05) is 7.05 Å². The molecule has 0 amide bonds. The first kappa shape index (κ1) is 12.6. The first-order chi connectivity index (χ1) is 8.22. The average molecular weight is 233 g/mol. The van der Waals surface area contributed by atoms with Crippen LogP contribution in [0, 0.1) is 5.92 Å². The number of hydrogen-bond acceptors (Lipinski definition) is 2. The van der Waals surface area contributed by atoms with E-state index < -0.39 is 0 Å². The van der Waals surface area contributed by atoms with E-state index in [9.17, 15) is 0 Å². The van der Waals surface area contributed by atoms with Crippen LogP contribution < -0.4 is 5.32 Å². The predicted molar refractivity (Wildman–Crippen MR) is 71.1 cm³/mol. The van der Waals surface area contributed by atoms with Crippen molar-refractivity contribution in [1.82, 2.24) is 5.32 Å². The van der Waals surface area contributed by atoms with E-state index in [1.165, 1.54) is 11.1 Å². The Bertz CT molecular complexity index is 362. The van der Waals surface area contributed by atoms with Crippen LogP contribution in [0.15, 0.2) is 24.3 Å². The molecule has 1 aromatic rings. The summed E-state index contributed by atoms with van der Waals surface area (Å²) in [6, 6.07) is 9.01. The maximum Gasteiger partial charge on any atom is 0.0810 e. The van der Waals surface area contributed by atoms with Gasteiger partial charge in [-0.3, -0.25) is 0 Å². The molecule has 2 unspecified atom stereocenters. The van der Waals surface area contributed by atoms with Crippen LogP contribution in [0.3, 0.4) is 0 Å². The molecular weight excluding hydrogens is 210 g/mol. The Morgan fingerprint density at radius 3 is 2.82 bits per heavy atom. The third-order valence-electron chi connectivity index (χ3n) is 3.52. The molecule has 0 heterocycles. The van der Waals surface area contributed by atoms with Gasteiger partial charge in [0.25, 0.3) is 0 Å². The van der Waals surface area contributed by atoms with Crippen molar-refractivity contribution >= 4 is 0 Å². The lowest BCUT2D eigenvalue weighted by molar-refractivity contribution is 0.0306. The van der Waals surface area contributed by atoms with Gasteiger partial charge in [-0.05, 0) is 30.5 Å². The van der Waals surface area contributed by atoms with Gasteiger partial charge in [-0.25, -0.2) is 0 Å². The predicted octanol–water partition coefficient (Wildman–Crippen LogP) is 2.93. The Hall–Kier alpha value is -0.860. The van der Waals surface area contributed by atoms with Crippen LogP contribution in [0.25, 0.3) is 0 Å². The molecule has 2 atom stereocenters. The lowest BCUT2D eigenvalue weighted by Crippen LogP contribution is -2.28. The van der Waals surface area contributed by atoms with Crippen molar-refractivity contribution in [2.75, 3.05) is 13.7 Å². The number of hydrogen-bond donors (Lipinski definition) is 1. The fraction of sp³-hybridized carbons (Fsp3) is 0.600. The van der Waals surface area contributed by atoms with Gasteiger partial charge in [0.15, 0.2) is 0 Å². The van der Waals surface area contributed by atoms with Crippen molar-refractivity contribution in [3.05, 3.63) is 35.4 Å². The zero-order valence-electron chi connectivity index (χ0n) is 11.1. The van der Waals surface area contributed by atoms with E-state index in [2.05, 4.69) is 43.4 Å². The minimum absolute atomic E-state index is 0.302. The molecule has 1 aliphatic rings. The fourth-order valence-electron chi connectivity index (χ4n) is 2.51. The molecule has 1 aromatic carbocycles. The number of likely N-dealkylation sites (N-methyl/N-ethyl adjacent to an activating group) is 1. The van der Waals surface area contributed by atoms with E-state index in [-0.39, 0.29) is 0 Å². The molecule has 0 radical (unpaired) electrons. The highest BCUT2D eigenvalue weighted by Crippen LogP contribution is 2.33. The molecule has 0 aliphatic heterocycles. The van der Waals surface area contributed by atoms with Gasteiger partial charge < -0.3 is 10.1 Å². The van der Waals surface area contributed by atoms with Gasteiger partial charge in [0, 0.05) is 13.0 Å². The number of nitrogens with one attached hydrogen (secondary N) is 1. The summed E-state index contributed by atoms with van der Waals surface area (Å²) in [5.74, 6) is 0.715. The highest BCUT2D eigenvalue weighted by molar-refractivity contribution is 5.36. The van der Waals surface area contributed by atoms with Gasteiger partial charge in [0.1, 0.15) is 0 Å². The largest absolute Gasteiger partial charge is 0.376 e. The van der Waals surface area contributed by atoms with E-state index in [0.29, 0.717) is 18.1 Å². The van der Waals surface area contributed by atoms with Gasteiger partial charge >= 0.3 is 0 Å². The lowest BCUT2D eigenvalue weighted by atomic mass is 10.1. The monoisotopic (exact) mass is 233 g/mol. The second-order valence-electron chi connectivity index (χ2n) is 5.26. The zero-order chi connectivity index (χ0) is 12.3. The highest BCUT2D eigenvalue weighted by atomic mass is 16.5. The van der Waals surface area contributed by atoms with E-state index in [4.69, 9.17) is 4.74 Å². The molecule has 0 fully saturated rings. The average Bonchev–Trinajstić information content (AvgIpc) is 2.66. The summed E-state index contributed by atoms with van der Waals surface area (Å²) >= 11 is 0. The van der Waals surface area contributed by atoms with E-state index in [1.54, 1.807) is 0 Å². The van der Waals surface area contributed by atoms with Crippen molar-refractivity contribution < 1.29 is 4.74 Å². The van der Waals surface area contributed by atoms with Crippen LogP contribution in [0.4, 0.5) is 0 Å². The van der Waals surface area contributed by atoms with Gasteiger partial charge in [0.05, 0.1) is 12.1 Å². The van der Waals surface area contributed by atoms with Crippen LogP contribution in [-0.2, 0) is 11.2 Å². The summed E-state index contributed by atoms with van der Waals surface area (Å²) in [6.45, 7) is 5.35. The Balaban J connectivity index is 1.97. The van der Waals surface area contributed by atoms with Crippen molar-refractivity contribution in [1.29, 1.82) is 0 Å². The van der Waals surface area contributed by atoms with E-state index in [0.717, 1.165) is 19.4 Å². The molecule has 0 aromatic heterocycles. The Morgan fingerprint density at radius 1 is 1.35 bits per heavy atom. The SMILES string of the molecule is CNC1c2ccccc2CC1OCCC(C)C. The van der Waals surface area contributed by atoms with Gasteiger partial charge in [0.2, 0.25) is 0 Å². The van der Waals surface area contributed by atoms with Crippen LogP contribution in [-0.4, -0.2) is 19.8 Å². The Labute approximate surface area is 104 Å². The first-order valence-corrected chi connectivity index (χ1v) is 6.59. The smallest absolute Gasteiger partial charge is 0.0810 e. The minimum atomic E-state index is 0.302. The van der Waals surface area contributed by atoms with E-state index >= 15 is 0 Å². The summed E-state index contributed by atoms with van der Waals surface area (Å²) < 4.78 is 6.04. The maximum absolute atomic E-state index is 6.04. The standard InChI is InChI=1S/C15H23NO/c1-11(2)8-9-17-14-10-12-6-4-5-7-13(12)15(14)16-3/h4-7,11,14-16H,8-10H2,1-3H3. The summed E-state index contributed by atoms with van der Waals surface area (Å²) in [4.78, 5) is 0. The number of ether oxygens (including phenoxy) is 1. The second-order valence-corrected chi connectivity index (χ2v) is 5.26. The molecule has 17 heavy (non-hydrogen) atoms. The van der Waals surface area contributed by atoms with Crippen molar-refractivity contribution in [3.8, 4) is 0 Å². The van der Waals surface area contributed by atoms with Gasteiger partial charge in [-0.15, -0.1) is 0 Å². The number of fused-ring (bicyclic) bond motifs is 1. The molecule has 2 heteroatoms. The summed E-state index contributed by atoms with van der Waals surface area (Å²) in [6.07, 6.45) is 2.49. The fourth-order valence-corrected chi connectivity index (χ4v) is 2.51. The maximum atomic E-state index is 6.04. The molecule has 0 saturated heterocycles. The molecule has 1 aliphatic carbocycles. The molecule has 0 bridgehead atoms. The molecule has 1 N–H and O–H groups in total.